The number of hydrogen-bond acceptors (Lipinski definition) is 4. The predicted octanol–water partition coefficient (Wildman–Crippen LogP) is -0.709. The molecule has 0 aromatic rings. The second-order valence-corrected chi connectivity index (χ2v) is 1.87. The average Bonchev–Trinajstić information content (AvgIpc) is 1.87. The van der Waals surface area contributed by atoms with Crippen LogP contribution in [0.5, 0.6) is 0 Å². The lowest BCUT2D eigenvalue weighted by Gasteiger charge is -2.10. The van der Waals surface area contributed by atoms with Crippen LogP contribution >= 0.6 is 0 Å². The van der Waals surface area contributed by atoms with E-state index >= 15 is 0 Å². The first-order valence-electron chi connectivity index (χ1n) is 3.11. The van der Waals surface area contributed by atoms with Crippen molar-refractivity contribution < 1.29 is 19.7 Å². The van der Waals surface area contributed by atoms with Crippen LogP contribution in [0.2, 0.25) is 0 Å². The highest BCUT2D eigenvalue weighted by molar-refractivity contribution is 5.85. The minimum atomic E-state index is -1.92. The van der Waals surface area contributed by atoms with Gasteiger partial charge in [0.1, 0.15) is 6.10 Å². The Morgan fingerprint density at radius 3 is 2.40 bits per heavy atom. The van der Waals surface area contributed by atoms with Crippen LogP contribution in [0.3, 0.4) is 0 Å². The molecule has 1 atom stereocenters. The van der Waals surface area contributed by atoms with Crippen LogP contribution in [0.4, 0.5) is 0 Å². The molecule has 0 unspecified atom stereocenters. The summed E-state index contributed by atoms with van der Waals surface area (Å²) in [5.74, 6) is -0.707. The fourth-order valence-electron chi connectivity index (χ4n) is 0.542. The molecule has 0 aliphatic rings. The first-order chi connectivity index (χ1) is 4.59. The summed E-state index contributed by atoms with van der Waals surface area (Å²) in [5, 5.41) is 16.7. The molecule has 0 aromatic carbocycles. The zero-order valence-electron chi connectivity index (χ0n) is 6.07. The molecule has 4 heteroatoms. The molecular formula is C6H12O4. The van der Waals surface area contributed by atoms with E-state index in [1.54, 1.807) is 6.92 Å². The smallest absolute Gasteiger partial charge is 0.216 e. The second-order valence-electron chi connectivity index (χ2n) is 1.87. The van der Waals surface area contributed by atoms with E-state index in [2.05, 4.69) is 0 Å². The third-order valence-corrected chi connectivity index (χ3v) is 1.07. The van der Waals surface area contributed by atoms with Crippen molar-refractivity contribution in [3.8, 4) is 0 Å². The standard InChI is InChI=1S/C6H12O4/c1-3-10-4(2)5(7)6(8)9/h4,6,8-9H,3H2,1-2H3/t4-/m0/s1. The van der Waals surface area contributed by atoms with Gasteiger partial charge in [0.2, 0.25) is 12.1 Å². The van der Waals surface area contributed by atoms with Crippen molar-refractivity contribution in [2.24, 2.45) is 0 Å². The van der Waals surface area contributed by atoms with Gasteiger partial charge in [0.15, 0.2) is 0 Å². The summed E-state index contributed by atoms with van der Waals surface area (Å²) in [4.78, 5) is 10.6. The van der Waals surface area contributed by atoms with Gasteiger partial charge in [-0.3, -0.25) is 4.79 Å². The summed E-state index contributed by atoms with van der Waals surface area (Å²) in [5.41, 5.74) is 0. The summed E-state index contributed by atoms with van der Waals surface area (Å²) in [6, 6.07) is 0. The summed E-state index contributed by atoms with van der Waals surface area (Å²) in [7, 11) is 0. The van der Waals surface area contributed by atoms with Crippen LogP contribution in [0.15, 0.2) is 0 Å². The largest absolute Gasteiger partial charge is 0.371 e. The zero-order valence-corrected chi connectivity index (χ0v) is 6.07. The van der Waals surface area contributed by atoms with Crippen molar-refractivity contribution in [1.29, 1.82) is 0 Å². The molecule has 2 N–H and O–H groups in total. The van der Waals surface area contributed by atoms with E-state index in [1.165, 1.54) is 6.92 Å². The van der Waals surface area contributed by atoms with Crippen molar-refractivity contribution in [3.05, 3.63) is 0 Å². The van der Waals surface area contributed by atoms with Crippen LogP contribution in [0.25, 0.3) is 0 Å². The first-order valence-corrected chi connectivity index (χ1v) is 3.11. The monoisotopic (exact) mass is 148 g/mol. The minimum Gasteiger partial charge on any atom is -0.371 e. The summed E-state index contributed by atoms with van der Waals surface area (Å²) in [6.45, 7) is 3.60. The molecule has 0 aliphatic heterocycles. The molecule has 0 saturated heterocycles. The van der Waals surface area contributed by atoms with E-state index in [-0.39, 0.29) is 0 Å². The van der Waals surface area contributed by atoms with Crippen molar-refractivity contribution in [1.82, 2.24) is 0 Å². The number of ether oxygens (including phenoxy) is 1. The molecule has 0 heterocycles. The van der Waals surface area contributed by atoms with Crippen molar-refractivity contribution in [3.63, 3.8) is 0 Å². The normalized spacial score (nSPS) is 13.7. The van der Waals surface area contributed by atoms with Crippen LogP contribution in [-0.4, -0.2) is 35.0 Å². The van der Waals surface area contributed by atoms with Gasteiger partial charge < -0.3 is 14.9 Å². The van der Waals surface area contributed by atoms with Crippen molar-refractivity contribution >= 4 is 5.78 Å². The molecule has 0 aliphatic carbocycles. The first kappa shape index (κ1) is 9.55. The lowest BCUT2D eigenvalue weighted by atomic mass is 10.2. The highest BCUT2D eigenvalue weighted by Crippen LogP contribution is 1.94. The predicted molar refractivity (Wildman–Crippen MR) is 34.3 cm³/mol. The molecule has 0 fully saturated rings. The summed E-state index contributed by atoms with van der Waals surface area (Å²) < 4.78 is 4.80. The Balaban J connectivity index is 3.71. The van der Waals surface area contributed by atoms with Gasteiger partial charge in [0, 0.05) is 6.61 Å². The zero-order chi connectivity index (χ0) is 8.15. The molecule has 60 valence electrons. The Labute approximate surface area is 59.4 Å². The van der Waals surface area contributed by atoms with Gasteiger partial charge in [-0.05, 0) is 13.8 Å². The number of aliphatic hydroxyl groups excluding tert-OH is 1. The van der Waals surface area contributed by atoms with Gasteiger partial charge in [0.05, 0.1) is 0 Å². The van der Waals surface area contributed by atoms with Gasteiger partial charge in [0.25, 0.3) is 0 Å². The Morgan fingerprint density at radius 1 is 1.60 bits per heavy atom. The van der Waals surface area contributed by atoms with E-state index in [4.69, 9.17) is 14.9 Å². The van der Waals surface area contributed by atoms with E-state index in [0.29, 0.717) is 6.61 Å². The van der Waals surface area contributed by atoms with Crippen molar-refractivity contribution in [2.75, 3.05) is 6.61 Å². The number of carbonyl (C=O) groups is 1. The maximum Gasteiger partial charge on any atom is 0.216 e. The number of ketones is 1. The molecule has 0 aromatic heterocycles. The van der Waals surface area contributed by atoms with Gasteiger partial charge >= 0.3 is 0 Å². The average molecular weight is 148 g/mol. The lowest BCUT2D eigenvalue weighted by molar-refractivity contribution is -0.155. The number of hydrogen-bond donors (Lipinski definition) is 2. The van der Waals surface area contributed by atoms with Crippen LogP contribution in [0.1, 0.15) is 13.8 Å². The van der Waals surface area contributed by atoms with Gasteiger partial charge in [-0.25, -0.2) is 0 Å². The second kappa shape index (κ2) is 4.38. The highest BCUT2D eigenvalue weighted by atomic mass is 16.5. The summed E-state index contributed by atoms with van der Waals surface area (Å²) >= 11 is 0. The minimum absolute atomic E-state index is 0.389. The van der Waals surface area contributed by atoms with E-state index in [0.717, 1.165) is 0 Å². The van der Waals surface area contributed by atoms with E-state index in [9.17, 15) is 4.79 Å². The van der Waals surface area contributed by atoms with Gasteiger partial charge in [-0.15, -0.1) is 0 Å². The quantitative estimate of drug-likeness (QED) is 0.517. The fourth-order valence-corrected chi connectivity index (χ4v) is 0.542. The maximum absolute atomic E-state index is 10.6. The third-order valence-electron chi connectivity index (χ3n) is 1.07. The van der Waals surface area contributed by atoms with E-state index in [1.807, 2.05) is 0 Å². The topological polar surface area (TPSA) is 66.8 Å². The fraction of sp³-hybridized carbons (Fsp3) is 0.833. The SMILES string of the molecule is CCO[C@@H](C)C(=O)C(O)O. The summed E-state index contributed by atoms with van der Waals surface area (Å²) in [6.07, 6.45) is -2.65. The Bertz CT molecular complexity index is 110. The molecule has 0 saturated carbocycles. The third kappa shape index (κ3) is 2.91. The molecule has 0 spiro atoms. The highest BCUT2D eigenvalue weighted by Gasteiger charge is 2.18. The molecule has 10 heavy (non-hydrogen) atoms. The maximum atomic E-state index is 10.6. The van der Waals surface area contributed by atoms with Crippen LogP contribution in [0, 0.1) is 0 Å². The molecule has 0 radical (unpaired) electrons. The van der Waals surface area contributed by atoms with Crippen molar-refractivity contribution in [2.45, 2.75) is 26.2 Å². The van der Waals surface area contributed by atoms with Crippen LogP contribution in [-0.2, 0) is 9.53 Å². The number of Topliss-reactive ketones (excluding diaryl/α,β-unsaturated/α-hetero) is 1. The molecule has 0 rings (SSSR count). The number of rotatable bonds is 4. The number of aliphatic hydroxyl groups is 2. The molecular weight excluding hydrogens is 136 g/mol. The molecule has 0 amide bonds. The number of carbonyl (C=O) groups excluding carboxylic acids is 1. The van der Waals surface area contributed by atoms with Gasteiger partial charge in [-0.2, -0.15) is 0 Å². The molecule has 4 nitrogen and oxygen atoms in total. The van der Waals surface area contributed by atoms with E-state index < -0.39 is 18.2 Å². The Kier molecular flexibility index (Phi) is 4.18. The Hall–Kier alpha value is -0.450. The molecule has 0 bridgehead atoms. The Morgan fingerprint density at radius 2 is 2.10 bits per heavy atom. The van der Waals surface area contributed by atoms with Gasteiger partial charge in [-0.1, -0.05) is 0 Å². The van der Waals surface area contributed by atoms with Crippen LogP contribution < -0.4 is 0 Å². The lowest BCUT2D eigenvalue weighted by Crippen LogP contribution is -2.31.